The first-order valence-corrected chi connectivity index (χ1v) is 4.59. The second-order valence-corrected chi connectivity index (χ2v) is 3.38. The smallest absolute Gasteiger partial charge is 0.264 e. The Balaban J connectivity index is 2.50. The predicted molar refractivity (Wildman–Crippen MR) is 57.0 cm³/mol. The first-order chi connectivity index (χ1) is 7.16. The minimum atomic E-state index is -0.261. The second-order valence-electron chi connectivity index (χ2n) is 2.97. The van der Waals surface area contributed by atoms with Crippen LogP contribution in [-0.4, -0.2) is 15.3 Å². The van der Waals surface area contributed by atoms with E-state index >= 15 is 0 Å². The summed E-state index contributed by atoms with van der Waals surface area (Å²) in [6.07, 6.45) is 0. The molecule has 0 aliphatic carbocycles. The van der Waals surface area contributed by atoms with Gasteiger partial charge in [0, 0.05) is 11.6 Å². The van der Waals surface area contributed by atoms with Crippen molar-refractivity contribution < 1.29 is 5.11 Å². The van der Waals surface area contributed by atoms with Gasteiger partial charge in [-0.1, -0.05) is 11.6 Å². The van der Waals surface area contributed by atoms with Crippen LogP contribution in [0.2, 0.25) is 5.02 Å². The zero-order valence-corrected chi connectivity index (χ0v) is 8.32. The van der Waals surface area contributed by atoms with Crippen molar-refractivity contribution in [3.63, 3.8) is 0 Å². The number of H-pyrrole nitrogens is 1. The molecule has 15 heavy (non-hydrogen) atoms. The molecule has 2 aromatic rings. The first kappa shape index (κ1) is 9.73. The third kappa shape index (κ3) is 1.99. The minimum absolute atomic E-state index is 0.0184. The minimum Gasteiger partial charge on any atom is -0.506 e. The largest absolute Gasteiger partial charge is 0.506 e. The van der Waals surface area contributed by atoms with Crippen LogP contribution in [0.15, 0.2) is 35.1 Å². The number of aromatic nitrogens is 2. The number of phenolic OH excluding ortho intramolecular Hbond substituents is 1. The van der Waals surface area contributed by atoms with E-state index in [9.17, 15) is 9.90 Å². The third-order valence-corrected chi connectivity index (χ3v) is 2.23. The maximum absolute atomic E-state index is 10.8. The lowest BCUT2D eigenvalue weighted by atomic mass is 10.1. The van der Waals surface area contributed by atoms with Crippen LogP contribution in [0.1, 0.15) is 0 Å². The van der Waals surface area contributed by atoms with E-state index in [1.807, 2.05) is 0 Å². The van der Waals surface area contributed by atoms with Crippen LogP contribution in [0.5, 0.6) is 5.75 Å². The van der Waals surface area contributed by atoms with Crippen LogP contribution in [0.4, 0.5) is 0 Å². The molecule has 0 fully saturated rings. The summed E-state index contributed by atoms with van der Waals surface area (Å²) < 4.78 is 0. The van der Waals surface area contributed by atoms with Gasteiger partial charge in [0.25, 0.3) is 5.56 Å². The number of nitrogens with zero attached hydrogens (tertiary/aromatic N) is 1. The Morgan fingerprint density at radius 2 is 2.07 bits per heavy atom. The van der Waals surface area contributed by atoms with Gasteiger partial charge in [-0.05, 0) is 24.3 Å². The number of aromatic amines is 1. The lowest BCUT2D eigenvalue weighted by Crippen LogP contribution is -2.05. The molecule has 0 unspecified atom stereocenters. The third-order valence-electron chi connectivity index (χ3n) is 1.92. The molecule has 2 N–H and O–H groups in total. The molecule has 0 amide bonds. The molecule has 2 rings (SSSR count). The Hall–Kier alpha value is -1.81. The summed E-state index contributed by atoms with van der Waals surface area (Å²) in [7, 11) is 0. The Morgan fingerprint density at radius 1 is 1.27 bits per heavy atom. The van der Waals surface area contributed by atoms with Gasteiger partial charge in [0.15, 0.2) is 0 Å². The highest BCUT2D eigenvalue weighted by atomic mass is 35.5. The summed E-state index contributed by atoms with van der Waals surface area (Å²) in [5.41, 5.74) is 1.06. The van der Waals surface area contributed by atoms with E-state index in [1.165, 1.54) is 12.1 Å². The summed E-state index contributed by atoms with van der Waals surface area (Å²) in [6.45, 7) is 0. The van der Waals surface area contributed by atoms with Gasteiger partial charge in [-0.2, -0.15) is 5.10 Å². The maximum atomic E-state index is 10.8. The van der Waals surface area contributed by atoms with Crippen LogP contribution in [0, 0.1) is 0 Å². The average Bonchev–Trinajstić information content (AvgIpc) is 2.23. The topological polar surface area (TPSA) is 66.0 Å². The number of rotatable bonds is 1. The van der Waals surface area contributed by atoms with Crippen LogP contribution in [0.25, 0.3) is 11.3 Å². The average molecular weight is 223 g/mol. The SMILES string of the molecule is O=c1ccc(-c2ccc(O)c(Cl)c2)n[nH]1. The Labute approximate surface area is 90.2 Å². The molecule has 0 aliphatic heterocycles. The summed E-state index contributed by atoms with van der Waals surface area (Å²) in [6, 6.07) is 7.69. The van der Waals surface area contributed by atoms with E-state index in [-0.39, 0.29) is 16.3 Å². The van der Waals surface area contributed by atoms with Crippen LogP contribution >= 0.6 is 11.6 Å². The zero-order valence-electron chi connectivity index (χ0n) is 7.57. The fourth-order valence-corrected chi connectivity index (χ4v) is 1.35. The van der Waals surface area contributed by atoms with E-state index in [2.05, 4.69) is 10.2 Å². The van der Waals surface area contributed by atoms with Crippen molar-refractivity contribution in [1.82, 2.24) is 10.2 Å². The maximum Gasteiger partial charge on any atom is 0.264 e. The fraction of sp³-hybridized carbons (Fsp3) is 0. The van der Waals surface area contributed by atoms with Crippen molar-refractivity contribution in [1.29, 1.82) is 0 Å². The van der Waals surface area contributed by atoms with Gasteiger partial charge in [0.1, 0.15) is 5.75 Å². The van der Waals surface area contributed by atoms with E-state index in [4.69, 9.17) is 11.6 Å². The van der Waals surface area contributed by atoms with E-state index in [1.54, 1.807) is 18.2 Å². The molecule has 0 radical (unpaired) electrons. The molecule has 1 aromatic heterocycles. The molecule has 76 valence electrons. The van der Waals surface area contributed by atoms with Gasteiger partial charge >= 0.3 is 0 Å². The number of hydrogen-bond donors (Lipinski definition) is 2. The monoisotopic (exact) mass is 222 g/mol. The van der Waals surface area contributed by atoms with E-state index < -0.39 is 0 Å². The predicted octanol–water partition coefficient (Wildman–Crippen LogP) is 1.80. The molecule has 0 aliphatic rings. The van der Waals surface area contributed by atoms with Gasteiger partial charge in [0.2, 0.25) is 0 Å². The molecule has 0 atom stereocenters. The van der Waals surface area contributed by atoms with Crippen LogP contribution in [-0.2, 0) is 0 Å². The molecule has 0 saturated carbocycles. The van der Waals surface area contributed by atoms with Crippen LogP contribution in [0.3, 0.4) is 0 Å². The quantitative estimate of drug-likeness (QED) is 0.773. The molecule has 0 bridgehead atoms. The molecule has 0 spiro atoms. The number of benzene rings is 1. The standard InChI is InChI=1S/C10H7ClN2O2/c11-7-5-6(1-3-9(7)14)8-2-4-10(15)13-12-8/h1-5,14H,(H,13,15). The van der Waals surface area contributed by atoms with Gasteiger partial charge in [0.05, 0.1) is 10.7 Å². The van der Waals surface area contributed by atoms with Crippen molar-refractivity contribution >= 4 is 11.6 Å². The lowest BCUT2D eigenvalue weighted by molar-refractivity contribution is 0.475. The molecule has 1 heterocycles. The molecule has 5 heteroatoms. The van der Waals surface area contributed by atoms with E-state index in [0.29, 0.717) is 5.69 Å². The molecular weight excluding hydrogens is 216 g/mol. The van der Waals surface area contributed by atoms with E-state index in [0.717, 1.165) is 5.56 Å². The highest BCUT2D eigenvalue weighted by Crippen LogP contribution is 2.27. The van der Waals surface area contributed by atoms with Gasteiger partial charge in [-0.15, -0.1) is 0 Å². The van der Waals surface area contributed by atoms with Crippen molar-refractivity contribution in [2.75, 3.05) is 0 Å². The van der Waals surface area contributed by atoms with Crippen LogP contribution < -0.4 is 5.56 Å². The molecule has 4 nitrogen and oxygen atoms in total. The van der Waals surface area contributed by atoms with Crippen molar-refractivity contribution in [3.05, 3.63) is 45.7 Å². The van der Waals surface area contributed by atoms with Crippen molar-refractivity contribution in [2.24, 2.45) is 0 Å². The van der Waals surface area contributed by atoms with Crippen molar-refractivity contribution in [2.45, 2.75) is 0 Å². The van der Waals surface area contributed by atoms with Gasteiger partial charge < -0.3 is 5.11 Å². The first-order valence-electron chi connectivity index (χ1n) is 4.21. The number of hydrogen-bond acceptors (Lipinski definition) is 3. The van der Waals surface area contributed by atoms with Gasteiger partial charge in [-0.25, -0.2) is 5.10 Å². The van der Waals surface area contributed by atoms with Crippen molar-refractivity contribution in [3.8, 4) is 17.0 Å². The zero-order chi connectivity index (χ0) is 10.8. The number of nitrogens with one attached hydrogen (secondary N) is 1. The highest BCUT2D eigenvalue weighted by molar-refractivity contribution is 6.32. The number of aromatic hydroxyl groups is 1. The lowest BCUT2D eigenvalue weighted by Gasteiger charge is -2.01. The Morgan fingerprint density at radius 3 is 2.67 bits per heavy atom. The Bertz CT molecular complexity index is 531. The second kappa shape index (κ2) is 3.74. The van der Waals surface area contributed by atoms with Gasteiger partial charge in [-0.3, -0.25) is 4.79 Å². The normalized spacial score (nSPS) is 10.2. The fourth-order valence-electron chi connectivity index (χ4n) is 1.17. The number of halogens is 1. The summed E-state index contributed by atoms with van der Waals surface area (Å²) >= 11 is 5.75. The highest BCUT2D eigenvalue weighted by Gasteiger charge is 2.03. The number of phenols is 1. The molecular formula is C10H7ClN2O2. The Kier molecular flexibility index (Phi) is 2.43. The molecule has 1 aromatic carbocycles. The summed E-state index contributed by atoms with van der Waals surface area (Å²) in [5.74, 6) is 0.0184. The summed E-state index contributed by atoms with van der Waals surface area (Å²) in [4.78, 5) is 10.8. The summed E-state index contributed by atoms with van der Waals surface area (Å²) in [5, 5.41) is 15.6. The molecule has 0 saturated heterocycles.